The normalized spacial score (nSPS) is 24.6. The lowest BCUT2D eigenvalue weighted by Crippen LogP contribution is -2.37. The lowest BCUT2D eigenvalue weighted by molar-refractivity contribution is -0.126. The van der Waals surface area contributed by atoms with Crippen molar-refractivity contribution in [1.29, 1.82) is 5.26 Å². The number of nitrogens with zero attached hydrogens (tertiary/aromatic N) is 4. The van der Waals surface area contributed by atoms with Crippen molar-refractivity contribution in [2.45, 2.75) is 82.2 Å². The molecular weight excluding hydrogens is 314 g/mol. The van der Waals surface area contributed by atoms with Crippen LogP contribution in [0.4, 0.5) is 0 Å². The molecule has 6 nitrogen and oxygen atoms in total. The van der Waals surface area contributed by atoms with Gasteiger partial charge in [-0.1, -0.05) is 37.3 Å². The Hall–Kier alpha value is -1.90. The maximum Gasteiger partial charge on any atom is 0.223 e. The summed E-state index contributed by atoms with van der Waals surface area (Å²) < 4.78 is 1.72. The summed E-state index contributed by atoms with van der Waals surface area (Å²) in [7, 11) is 0. The van der Waals surface area contributed by atoms with Crippen LogP contribution in [-0.2, 0) is 10.3 Å². The number of hydrogen-bond donors (Lipinski definition) is 1. The highest BCUT2D eigenvalue weighted by molar-refractivity contribution is 5.79. The molecule has 1 atom stereocenters. The minimum Gasteiger partial charge on any atom is -0.347 e. The fourth-order valence-corrected chi connectivity index (χ4v) is 4.50. The van der Waals surface area contributed by atoms with Gasteiger partial charge in [0.1, 0.15) is 5.69 Å². The molecule has 0 aromatic carbocycles. The van der Waals surface area contributed by atoms with Gasteiger partial charge in [0.25, 0.3) is 0 Å². The number of carbonyl (C=O) groups is 1. The van der Waals surface area contributed by atoms with Crippen LogP contribution in [0.25, 0.3) is 0 Å². The molecule has 3 aliphatic rings. The number of hydrogen-bond acceptors (Lipinski definition) is 4. The van der Waals surface area contributed by atoms with Gasteiger partial charge in [-0.3, -0.25) is 4.79 Å². The van der Waals surface area contributed by atoms with Crippen LogP contribution in [0.3, 0.4) is 0 Å². The Morgan fingerprint density at radius 2 is 1.88 bits per heavy atom. The van der Waals surface area contributed by atoms with Gasteiger partial charge in [-0.05, 0) is 44.4 Å². The van der Waals surface area contributed by atoms with Crippen LogP contribution in [0.1, 0.15) is 82.4 Å². The van der Waals surface area contributed by atoms with Crippen LogP contribution in [0, 0.1) is 23.2 Å². The first-order valence-electron chi connectivity index (χ1n) is 9.86. The van der Waals surface area contributed by atoms with Gasteiger partial charge in [0.15, 0.2) is 5.54 Å². The smallest absolute Gasteiger partial charge is 0.223 e. The van der Waals surface area contributed by atoms with E-state index in [1.807, 2.05) is 6.20 Å². The van der Waals surface area contributed by atoms with E-state index in [1.165, 1.54) is 19.3 Å². The lowest BCUT2D eigenvalue weighted by Gasteiger charge is -2.30. The molecule has 3 fully saturated rings. The molecule has 1 aromatic heterocycles. The molecular formula is C19H27N5O. The van der Waals surface area contributed by atoms with Crippen molar-refractivity contribution >= 4 is 5.91 Å². The summed E-state index contributed by atoms with van der Waals surface area (Å²) in [4.78, 5) is 12.7. The Morgan fingerprint density at radius 1 is 1.20 bits per heavy atom. The van der Waals surface area contributed by atoms with Gasteiger partial charge in [0, 0.05) is 5.92 Å². The second-order valence-electron chi connectivity index (χ2n) is 8.10. The predicted octanol–water partition coefficient (Wildman–Crippen LogP) is 3.22. The average Bonchev–Trinajstić information content (AvgIpc) is 3.05. The van der Waals surface area contributed by atoms with Crippen LogP contribution in [0.5, 0.6) is 0 Å². The number of nitriles is 1. The van der Waals surface area contributed by atoms with Gasteiger partial charge in [-0.15, -0.1) is 5.10 Å². The van der Waals surface area contributed by atoms with E-state index in [0.717, 1.165) is 57.1 Å². The molecule has 1 N–H and O–H groups in total. The fraction of sp³-hybridized carbons (Fsp3) is 0.789. The van der Waals surface area contributed by atoms with E-state index in [1.54, 1.807) is 4.68 Å². The van der Waals surface area contributed by atoms with Crippen molar-refractivity contribution in [3.63, 3.8) is 0 Å². The minimum absolute atomic E-state index is 0.0587. The first-order valence-corrected chi connectivity index (χ1v) is 9.86. The van der Waals surface area contributed by atoms with Crippen molar-refractivity contribution in [2.75, 3.05) is 0 Å². The van der Waals surface area contributed by atoms with E-state index in [-0.39, 0.29) is 17.9 Å². The highest BCUT2D eigenvalue weighted by Crippen LogP contribution is 2.43. The molecule has 6 heteroatoms. The summed E-state index contributed by atoms with van der Waals surface area (Å²) in [5, 5.41) is 21.3. The summed E-state index contributed by atoms with van der Waals surface area (Å²) in [6.07, 6.45) is 13.9. The van der Waals surface area contributed by atoms with Crippen LogP contribution in [-0.4, -0.2) is 20.9 Å². The molecule has 134 valence electrons. The zero-order chi connectivity index (χ0) is 17.3. The zero-order valence-corrected chi connectivity index (χ0v) is 14.8. The Bertz CT molecular complexity index is 660. The second kappa shape index (κ2) is 6.78. The molecule has 0 spiro atoms. The van der Waals surface area contributed by atoms with E-state index < -0.39 is 5.54 Å². The average molecular weight is 341 g/mol. The third kappa shape index (κ3) is 3.29. The van der Waals surface area contributed by atoms with Gasteiger partial charge in [0.2, 0.25) is 5.91 Å². The molecule has 0 bridgehead atoms. The van der Waals surface area contributed by atoms with Crippen molar-refractivity contribution < 1.29 is 4.79 Å². The van der Waals surface area contributed by atoms with Gasteiger partial charge in [-0.25, -0.2) is 4.68 Å². The number of carbonyl (C=O) groups excluding carboxylic acids is 1. The minimum atomic E-state index is -0.488. The van der Waals surface area contributed by atoms with Crippen molar-refractivity contribution in [2.24, 2.45) is 11.8 Å². The Balaban J connectivity index is 1.54. The lowest BCUT2D eigenvalue weighted by atomic mass is 9.82. The highest BCUT2D eigenvalue weighted by atomic mass is 16.2. The van der Waals surface area contributed by atoms with Gasteiger partial charge in [-0.2, -0.15) is 5.26 Å². The molecule has 1 amide bonds. The van der Waals surface area contributed by atoms with Crippen LogP contribution >= 0.6 is 0 Å². The third-order valence-electron chi connectivity index (χ3n) is 6.34. The summed E-state index contributed by atoms with van der Waals surface area (Å²) in [6, 6.07) is 2.30. The van der Waals surface area contributed by atoms with Crippen molar-refractivity contribution in [3.8, 4) is 6.07 Å². The Kier molecular flexibility index (Phi) is 4.49. The molecule has 3 saturated carbocycles. The molecule has 1 aromatic rings. The van der Waals surface area contributed by atoms with Crippen molar-refractivity contribution in [3.05, 3.63) is 11.9 Å². The van der Waals surface area contributed by atoms with Gasteiger partial charge in [0.05, 0.1) is 18.3 Å². The highest BCUT2D eigenvalue weighted by Gasteiger charge is 2.47. The van der Waals surface area contributed by atoms with E-state index in [0.29, 0.717) is 5.92 Å². The number of nitrogens with one attached hydrogen (secondary N) is 1. The predicted molar refractivity (Wildman–Crippen MR) is 92.3 cm³/mol. The number of amides is 1. The fourth-order valence-electron chi connectivity index (χ4n) is 4.50. The molecule has 1 heterocycles. The summed E-state index contributed by atoms with van der Waals surface area (Å²) in [5.41, 5.74) is 0.345. The summed E-state index contributed by atoms with van der Waals surface area (Å²) >= 11 is 0. The van der Waals surface area contributed by atoms with E-state index in [4.69, 9.17) is 0 Å². The molecule has 0 radical (unpaired) electrons. The quantitative estimate of drug-likeness (QED) is 0.891. The molecule has 25 heavy (non-hydrogen) atoms. The maximum atomic E-state index is 12.7. The van der Waals surface area contributed by atoms with Crippen molar-refractivity contribution in [1.82, 2.24) is 20.3 Å². The first kappa shape index (κ1) is 16.6. The van der Waals surface area contributed by atoms with Crippen LogP contribution in [0.15, 0.2) is 6.20 Å². The molecule has 4 rings (SSSR count). The standard InChI is InChI=1S/C19H27N5O/c20-13-19(10-11-19)24-12-16(22-23-24)17(14-6-2-1-3-7-14)21-18(25)15-8-4-5-9-15/h12,14-15,17H,1-11H2,(H,21,25)/t17-/m1/s1. The van der Waals surface area contributed by atoms with E-state index in [9.17, 15) is 10.1 Å². The second-order valence-corrected chi connectivity index (χ2v) is 8.10. The summed E-state index contributed by atoms with van der Waals surface area (Å²) in [5.74, 6) is 0.778. The van der Waals surface area contributed by atoms with Gasteiger partial charge < -0.3 is 5.32 Å². The Morgan fingerprint density at radius 3 is 2.52 bits per heavy atom. The monoisotopic (exact) mass is 341 g/mol. The zero-order valence-electron chi connectivity index (χ0n) is 14.8. The molecule has 0 unspecified atom stereocenters. The van der Waals surface area contributed by atoms with Crippen LogP contribution in [0.2, 0.25) is 0 Å². The van der Waals surface area contributed by atoms with Crippen LogP contribution < -0.4 is 5.32 Å². The summed E-state index contributed by atoms with van der Waals surface area (Å²) in [6.45, 7) is 0. The maximum absolute atomic E-state index is 12.7. The number of aromatic nitrogens is 3. The molecule has 0 saturated heterocycles. The SMILES string of the molecule is N#CC1(n2cc([C@H](NC(=O)C3CCCC3)C3CCCCC3)nn2)CC1. The van der Waals surface area contributed by atoms with Gasteiger partial charge >= 0.3 is 0 Å². The van der Waals surface area contributed by atoms with E-state index >= 15 is 0 Å². The van der Waals surface area contributed by atoms with E-state index in [2.05, 4.69) is 21.7 Å². The third-order valence-corrected chi connectivity index (χ3v) is 6.34. The first-order chi connectivity index (χ1) is 12.2. The number of rotatable bonds is 5. The molecule has 0 aliphatic heterocycles. The topological polar surface area (TPSA) is 83.6 Å². The Labute approximate surface area is 149 Å². The molecule has 3 aliphatic carbocycles. The largest absolute Gasteiger partial charge is 0.347 e.